The Labute approximate surface area is 145 Å². The van der Waals surface area contributed by atoms with Crippen LogP contribution in [-0.2, 0) is 9.53 Å². The van der Waals surface area contributed by atoms with Crippen molar-refractivity contribution in [2.75, 3.05) is 32.8 Å². The molecule has 3 N–H and O–H groups in total. The molecule has 1 aliphatic heterocycles. The first-order chi connectivity index (χ1) is 10.6. The van der Waals surface area contributed by atoms with Gasteiger partial charge < -0.3 is 15.8 Å². The van der Waals surface area contributed by atoms with Crippen LogP contribution in [0.25, 0.3) is 0 Å². The molecule has 1 heterocycles. The van der Waals surface area contributed by atoms with Crippen molar-refractivity contribution in [1.29, 1.82) is 0 Å². The lowest BCUT2D eigenvalue weighted by Crippen LogP contribution is -2.48. The van der Waals surface area contributed by atoms with Gasteiger partial charge in [-0.1, -0.05) is 44.2 Å². The van der Waals surface area contributed by atoms with E-state index in [0.29, 0.717) is 6.54 Å². The lowest BCUT2D eigenvalue weighted by molar-refractivity contribution is -0.123. The van der Waals surface area contributed by atoms with Gasteiger partial charge in [0.05, 0.1) is 25.3 Å². The fourth-order valence-corrected chi connectivity index (χ4v) is 2.64. The summed E-state index contributed by atoms with van der Waals surface area (Å²) in [5.41, 5.74) is 7.13. The number of ether oxygens (including phenoxy) is 1. The first kappa shape index (κ1) is 19.9. The minimum absolute atomic E-state index is 0. The number of hydrogen-bond donors (Lipinski definition) is 2. The molecule has 130 valence electrons. The molecule has 0 radical (unpaired) electrons. The summed E-state index contributed by atoms with van der Waals surface area (Å²) in [6.07, 6.45) is 0. The molecular formula is C17H28ClN3O2. The Kier molecular flexibility index (Phi) is 8.55. The third kappa shape index (κ3) is 5.77. The van der Waals surface area contributed by atoms with E-state index in [0.717, 1.165) is 26.3 Å². The second-order valence-electron chi connectivity index (χ2n) is 6.09. The molecule has 1 fully saturated rings. The number of amides is 1. The maximum absolute atomic E-state index is 12.1. The summed E-state index contributed by atoms with van der Waals surface area (Å²) < 4.78 is 5.43. The molecule has 0 saturated carbocycles. The van der Waals surface area contributed by atoms with Gasteiger partial charge in [0.1, 0.15) is 0 Å². The zero-order valence-corrected chi connectivity index (χ0v) is 14.7. The average molecular weight is 342 g/mol. The van der Waals surface area contributed by atoms with Crippen molar-refractivity contribution in [3.8, 4) is 0 Å². The highest BCUT2D eigenvalue weighted by Crippen LogP contribution is 2.21. The quantitative estimate of drug-likeness (QED) is 0.824. The summed E-state index contributed by atoms with van der Waals surface area (Å²) in [5, 5.41) is 3.01. The molecule has 0 aromatic heterocycles. The van der Waals surface area contributed by atoms with Crippen LogP contribution in [0.5, 0.6) is 0 Å². The van der Waals surface area contributed by atoms with E-state index < -0.39 is 6.04 Å². The Morgan fingerprint density at radius 1 is 1.26 bits per heavy atom. The van der Waals surface area contributed by atoms with Gasteiger partial charge in [0, 0.05) is 19.6 Å². The van der Waals surface area contributed by atoms with Crippen LogP contribution in [0.3, 0.4) is 0 Å². The normalized spacial score (nSPS) is 18.1. The number of hydrogen-bond acceptors (Lipinski definition) is 4. The number of nitrogens with two attached hydrogens (primary N) is 1. The van der Waals surface area contributed by atoms with E-state index in [1.807, 2.05) is 32.0 Å². The summed E-state index contributed by atoms with van der Waals surface area (Å²) in [4.78, 5) is 14.5. The zero-order chi connectivity index (χ0) is 15.9. The predicted octanol–water partition coefficient (Wildman–Crippen LogP) is 1.58. The minimum atomic E-state index is -0.457. The topological polar surface area (TPSA) is 67.6 Å². The first-order valence-corrected chi connectivity index (χ1v) is 7.99. The molecule has 1 aliphatic rings. The van der Waals surface area contributed by atoms with Gasteiger partial charge in [-0.2, -0.15) is 0 Å². The molecule has 0 aliphatic carbocycles. The lowest BCUT2D eigenvalue weighted by atomic mass is 10.0. The molecule has 5 nitrogen and oxygen atoms in total. The van der Waals surface area contributed by atoms with Crippen LogP contribution in [0, 0.1) is 5.92 Å². The van der Waals surface area contributed by atoms with Crippen LogP contribution in [0.15, 0.2) is 30.3 Å². The number of nitrogens with zero attached hydrogens (tertiary/aromatic N) is 1. The zero-order valence-electron chi connectivity index (χ0n) is 13.9. The molecule has 0 bridgehead atoms. The predicted molar refractivity (Wildman–Crippen MR) is 94.6 cm³/mol. The van der Waals surface area contributed by atoms with Gasteiger partial charge in [-0.15, -0.1) is 12.4 Å². The number of halogens is 1. The monoisotopic (exact) mass is 341 g/mol. The first-order valence-electron chi connectivity index (χ1n) is 7.99. The molecule has 0 spiro atoms. The number of carbonyl (C=O) groups excluding carboxylic acids is 1. The summed E-state index contributed by atoms with van der Waals surface area (Å²) in [7, 11) is 0. The van der Waals surface area contributed by atoms with Gasteiger partial charge in [-0.3, -0.25) is 9.69 Å². The molecule has 2 rings (SSSR count). The smallest absolute Gasteiger partial charge is 0.237 e. The van der Waals surface area contributed by atoms with Crippen molar-refractivity contribution < 1.29 is 9.53 Å². The summed E-state index contributed by atoms with van der Waals surface area (Å²) in [6.45, 7) is 7.73. The molecule has 2 atom stereocenters. The fourth-order valence-electron chi connectivity index (χ4n) is 2.64. The molecular weight excluding hydrogens is 314 g/mol. The molecule has 6 heteroatoms. The molecule has 1 unspecified atom stereocenters. The third-order valence-electron chi connectivity index (χ3n) is 4.16. The van der Waals surface area contributed by atoms with E-state index >= 15 is 0 Å². The number of morpholine rings is 1. The number of benzene rings is 1. The Bertz CT molecular complexity index is 464. The number of carbonyl (C=O) groups is 1. The van der Waals surface area contributed by atoms with Crippen LogP contribution < -0.4 is 11.1 Å². The maximum Gasteiger partial charge on any atom is 0.237 e. The summed E-state index contributed by atoms with van der Waals surface area (Å²) in [5.74, 6) is 0.0581. The Balaban J connectivity index is 0.00000264. The summed E-state index contributed by atoms with van der Waals surface area (Å²) >= 11 is 0. The van der Waals surface area contributed by atoms with Crippen LogP contribution in [0.2, 0.25) is 0 Å². The molecule has 1 saturated heterocycles. The van der Waals surface area contributed by atoms with Crippen molar-refractivity contribution in [1.82, 2.24) is 10.2 Å². The highest BCUT2D eigenvalue weighted by molar-refractivity contribution is 5.85. The van der Waals surface area contributed by atoms with Crippen molar-refractivity contribution >= 4 is 18.3 Å². The molecule has 1 aromatic carbocycles. The molecule has 23 heavy (non-hydrogen) atoms. The van der Waals surface area contributed by atoms with E-state index in [1.165, 1.54) is 5.56 Å². The Morgan fingerprint density at radius 2 is 1.87 bits per heavy atom. The van der Waals surface area contributed by atoms with Crippen molar-refractivity contribution in [2.45, 2.75) is 25.9 Å². The largest absolute Gasteiger partial charge is 0.379 e. The Morgan fingerprint density at radius 3 is 2.43 bits per heavy atom. The molecule has 1 aromatic rings. The average Bonchev–Trinajstić information content (AvgIpc) is 2.56. The summed E-state index contributed by atoms with van der Waals surface area (Å²) in [6, 6.07) is 9.99. The van der Waals surface area contributed by atoms with Gasteiger partial charge in [-0.05, 0) is 11.5 Å². The van der Waals surface area contributed by atoms with Crippen LogP contribution in [0.1, 0.15) is 25.5 Å². The van der Waals surface area contributed by atoms with E-state index in [-0.39, 0.29) is 30.3 Å². The van der Waals surface area contributed by atoms with Gasteiger partial charge in [-0.25, -0.2) is 0 Å². The van der Waals surface area contributed by atoms with Gasteiger partial charge in [0.25, 0.3) is 0 Å². The standard InChI is InChI=1S/C17H27N3O2.ClH/c1-13(2)16(18)17(21)19-12-15(14-6-4-3-5-7-14)20-8-10-22-11-9-20;/h3-7,13,15-16H,8-12,18H2,1-2H3,(H,19,21);1H/t15?,16-;/m0./s1. The third-order valence-corrected chi connectivity index (χ3v) is 4.16. The van der Waals surface area contributed by atoms with E-state index in [4.69, 9.17) is 10.5 Å². The van der Waals surface area contributed by atoms with Crippen molar-refractivity contribution in [2.24, 2.45) is 11.7 Å². The number of nitrogens with one attached hydrogen (secondary N) is 1. The fraction of sp³-hybridized carbons (Fsp3) is 0.588. The van der Waals surface area contributed by atoms with Crippen LogP contribution in [-0.4, -0.2) is 49.7 Å². The second-order valence-corrected chi connectivity index (χ2v) is 6.09. The van der Waals surface area contributed by atoms with Crippen LogP contribution >= 0.6 is 12.4 Å². The van der Waals surface area contributed by atoms with Crippen molar-refractivity contribution in [3.63, 3.8) is 0 Å². The second kappa shape index (κ2) is 9.88. The SMILES string of the molecule is CC(C)[C@H](N)C(=O)NCC(c1ccccc1)N1CCOCC1.Cl. The highest BCUT2D eigenvalue weighted by Gasteiger charge is 2.24. The molecule has 1 amide bonds. The van der Waals surface area contributed by atoms with Crippen molar-refractivity contribution in [3.05, 3.63) is 35.9 Å². The van der Waals surface area contributed by atoms with Gasteiger partial charge >= 0.3 is 0 Å². The van der Waals surface area contributed by atoms with E-state index in [1.54, 1.807) is 0 Å². The van der Waals surface area contributed by atoms with Crippen LogP contribution in [0.4, 0.5) is 0 Å². The van der Waals surface area contributed by atoms with E-state index in [9.17, 15) is 4.79 Å². The minimum Gasteiger partial charge on any atom is -0.379 e. The Hall–Kier alpha value is -1.14. The lowest BCUT2D eigenvalue weighted by Gasteiger charge is -2.35. The number of rotatable bonds is 6. The maximum atomic E-state index is 12.1. The van der Waals surface area contributed by atoms with E-state index in [2.05, 4.69) is 22.3 Å². The van der Waals surface area contributed by atoms with Gasteiger partial charge in [0.2, 0.25) is 5.91 Å². The van der Waals surface area contributed by atoms with Gasteiger partial charge in [0.15, 0.2) is 0 Å². The highest BCUT2D eigenvalue weighted by atomic mass is 35.5.